The van der Waals surface area contributed by atoms with E-state index in [4.69, 9.17) is 0 Å². The highest BCUT2D eigenvalue weighted by molar-refractivity contribution is 5.84. The molecule has 0 saturated carbocycles. The van der Waals surface area contributed by atoms with Crippen LogP contribution in [-0.2, 0) is 11.3 Å². The molecule has 2 N–H and O–H groups in total. The van der Waals surface area contributed by atoms with E-state index in [2.05, 4.69) is 39.8 Å². The molecule has 0 bridgehead atoms. The Kier molecular flexibility index (Phi) is 5.94. The number of nitrogens with zero attached hydrogens (tertiary/aromatic N) is 1. The Hall–Kier alpha value is -2.49. The summed E-state index contributed by atoms with van der Waals surface area (Å²) in [5.41, 5.74) is 3.35. The van der Waals surface area contributed by atoms with E-state index in [-0.39, 0.29) is 11.9 Å². The average Bonchev–Trinajstić information content (AvgIpc) is 2.68. The molecule has 4 nitrogen and oxygen atoms in total. The van der Waals surface area contributed by atoms with Crippen LogP contribution < -0.4 is 15.5 Å². The molecule has 1 saturated heterocycles. The molecular weight excluding hydrogens is 310 g/mol. The van der Waals surface area contributed by atoms with Crippen LogP contribution in [0.1, 0.15) is 31.7 Å². The molecule has 2 aromatic rings. The van der Waals surface area contributed by atoms with Crippen molar-refractivity contribution in [2.75, 3.05) is 23.3 Å². The third-order valence-corrected chi connectivity index (χ3v) is 4.67. The van der Waals surface area contributed by atoms with Gasteiger partial charge in [-0.1, -0.05) is 30.3 Å². The van der Waals surface area contributed by atoms with Crippen LogP contribution in [0.5, 0.6) is 0 Å². The summed E-state index contributed by atoms with van der Waals surface area (Å²) in [6.07, 6.45) is 3.89. The van der Waals surface area contributed by atoms with Gasteiger partial charge in [0.2, 0.25) is 5.91 Å². The fourth-order valence-electron chi connectivity index (χ4n) is 3.17. The van der Waals surface area contributed by atoms with Gasteiger partial charge in [0.15, 0.2) is 0 Å². The highest BCUT2D eigenvalue weighted by Gasteiger charge is 2.13. The fraction of sp³-hybridized carbons (Fsp3) is 0.381. The lowest BCUT2D eigenvalue weighted by atomic mass is 10.1. The second-order valence-electron chi connectivity index (χ2n) is 6.66. The van der Waals surface area contributed by atoms with Gasteiger partial charge in [-0.05, 0) is 56.0 Å². The molecule has 1 aliphatic rings. The summed E-state index contributed by atoms with van der Waals surface area (Å²) in [5.74, 6) is 0.00367. The summed E-state index contributed by atoms with van der Waals surface area (Å²) in [7, 11) is 0. The molecule has 3 rings (SSSR count). The van der Waals surface area contributed by atoms with Crippen LogP contribution in [0.15, 0.2) is 54.6 Å². The zero-order valence-electron chi connectivity index (χ0n) is 14.9. The number of nitrogens with one attached hydrogen (secondary N) is 2. The Balaban J connectivity index is 1.49. The number of hydrogen-bond donors (Lipinski definition) is 2. The molecule has 0 spiro atoms. The molecule has 4 heteroatoms. The van der Waals surface area contributed by atoms with E-state index in [0.717, 1.165) is 24.3 Å². The maximum atomic E-state index is 12.3. The van der Waals surface area contributed by atoms with Crippen molar-refractivity contribution in [2.45, 2.75) is 38.8 Å². The van der Waals surface area contributed by atoms with E-state index < -0.39 is 0 Å². The van der Waals surface area contributed by atoms with Crippen LogP contribution in [0.4, 0.5) is 11.4 Å². The molecule has 1 fully saturated rings. The third kappa shape index (κ3) is 4.99. The maximum absolute atomic E-state index is 12.3. The Morgan fingerprint density at radius 1 is 1.00 bits per heavy atom. The van der Waals surface area contributed by atoms with Crippen molar-refractivity contribution in [1.29, 1.82) is 0 Å². The molecule has 1 heterocycles. The number of anilines is 2. The van der Waals surface area contributed by atoms with Gasteiger partial charge < -0.3 is 15.5 Å². The zero-order chi connectivity index (χ0) is 17.5. The van der Waals surface area contributed by atoms with Crippen LogP contribution in [0, 0.1) is 0 Å². The maximum Gasteiger partial charge on any atom is 0.242 e. The molecule has 0 aromatic heterocycles. The number of hydrogen-bond acceptors (Lipinski definition) is 3. The number of carbonyl (C=O) groups excluding carboxylic acids is 1. The molecule has 25 heavy (non-hydrogen) atoms. The average molecular weight is 337 g/mol. The number of carbonyl (C=O) groups is 1. The molecule has 132 valence electrons. The first-order valence-electron chi connectivity index (χ1n) is 9.15. The van der Waals surface area contributed by atoms with Crippen molar-refractivity contribution < 1.29 is 4.79 Å². The Bertz CT molecular complexity index is 663. The summed E-state index contributed by atoms with van der Waals surface area (Å²) >= 11 is 0. The largest absolute Gasteiger partial charge is 0.374 e. The van der Waals surface area contributed by atoms with Crippen molar-refractivity contribution >= 4 is 17.3 Å². The fourth-order valence-corrected chi connectivity index (χ4v) is 3.17. The molecule has 1 unspecified atom stereocenters. The van der Waals surface area contributed by atoms with Gasteiger partial charge in [-0.25, -0.2) is 0 Å². The van der Waals surface area contributed by atoms with Gasteiger partial charge in [-0.3, -0.25) is 4.79 Å². The Labute approximate surface area is 150 Å². The van der Waals surface area contributed by atoms with Gasteiger partial charge in [0.25, 0.3) is 0 Å². The number of rotatable bonds is 6. The van der Waals surface area contributed by atoms with Crippen molar-refractivity contribution in [2.24, 2.45) is 0 Å². The molecular formula is C21H27N3O. The summed E-state index contributed by atoms with van der Waals surface area (Å²) in [5, 5.41) is 6.25. The second kappa shape index (κ2) is 8.56. The quantitative estimate of drug-likeness (QED) is 0.843. The first-order valence-corrected chi connectivity index (χ1v) is 9.15. The molecule has 2 aromatic carbocycles. The van der Waals surface area contributed by atoms with E-state index in [0.29, 0.717) is 6.54 Å². The summed E-state index contributed by atoms with van der Waals surface area (Å²) in [6.45, 7) is 4.73. The SMILES string of the molecule is CC(Nc1ccc(N2CCCCC2)cc1)C(=O)NCc1ccccc1. The van der Waals surface area contributed by atoms with Gasteiger partial charge in [-0.2, -0.15) is 0 Å². The van der Waals surface area contributed by atoms with Crippen molar-refractivity contribution in [3.05, 3.63) is 60.2 Å². The standard InChI is InChI=1S/C21H27N3O/c1-17(21(25)22-16-18-8-4-2-5-9-18)23-19-10-12-20(13-11-19)24-14-6-3-7-15-24/h2,4-5,8-13,17,23H,3,6-7,14-16H2,1H3,(H,22,25). The first kappa shape index (κ1) is 17.3. The third-order valence-electron chi connectivity index (χ3n) is 4.67. The predicted octanol–water partition coefficient (Wildman–Crippen LogP) is 3.79. The van der Waals surface area contributed by atoms with Crippen molar-refractivity contribution in [3.8, 4) is 0 Å². The minimum Gasteiger partial charge on any atom is -0.374 e. The minimum absolute atomic E-state index is 0.00367. The van der Waals surface area contributed by atoms with Gasteiger partial charge in [0, 0.05) is 31.0 Å². The monoisotopic (exact) mass is 337 g/mol. The van der Waals surface area contributed by atoms with Crippen LogP contribution >= 0.6 is 0 Å². The number of amides is 1. The van der Waals surface area contributed by atoms with E-state index in [1.807, 2.05) is 37.3 Å². The molecule has 1 amide bonds. The van der Waals surface area contributed by atoms with Crippen molar-refractivity contribution in [3.63, 3.8) is 0 Å². The molecule has 1 aliphatic heterocycles. The van der Waals surface area contributed by atoms with Gasteiger partial charge in [0.05, 0.1) is 0 Å². The number of piperidine rings is 1. The van der Waals surface area contributed by atoms with Crippen LogP contribution in [-0.4, -0.2) is 25.0 Å². The number of benzene rings is 2. The molecule has 1 atom stereocenters. The lowest BCUT2D eigenvalue weighted by Gasteiger charge is -2.29. The first-order chi connectivity index (χ1) is 12.2. The summed E-state index contributed by atoms with van der Waals surface area (Å²) in [4.78, 5) is 14.7. The summed E-state index contributed by atoms with van der Waals surface area (Å²) < 4.78 is 0. The van der Waals surface area contributed by atoms with E-state index in [9.17, 15) is 4.79 Å². The Morgan fingerprint density at radius 2 is 1.68 bits per heavy atom. The predicted molar refractivity (Wildman–Crippen MR) is 104 cm³/mol. The van der Waals surface area contributed by atoms with E-state index >= 15 is 0 Å². The minimum atomic E-state index is -0.274. The van der Waals surface area contributed by atoms with Crippen LogP contribution in [0.25, 0.3) is 0 Å². The molecule has 0 aliphatic carbocycles. The Morgan fingerprint density at radius 3 is 2.36 bits per heavy atom. The topological polar surface area (TPSA) is 44.4 Å². The van der Waals surface area contributed by atoms with Gasteiger partial charge in [0.1, 0.15) is 6.04 Å². The highest BCUT2D eigenvalue weighted by Crippen LogP contribution is 2.22. The van der Waals surface area contributed by atoms with Crippen LogP contribution in [0.2, 0.25) is 0 Å². The van der Waals surface area contributed by atoms with E-state index in [1.54, 1.807) is 0 Å². The molecule has 0 radical (unpaired) electrons. The van der Waals surface area contributed by atoms with Crippen molar-refractivity contribution in [1.82, 2.24) is 5.32 Å². The highest BCUT2D eigenvalue weighted by atomic mass is 16.2. The zero-order valence-corrected chi connectivity index (χ0v) is 14.9. The normalized spacial score (nSPS) is 15.5. The lowest BCUT2D eigenvalue weighted by molar-refractivity contribution is -0.121. The van der Waals surface area contributed by atoms with E-state index in [1.165, 1.54) is 24.9 Å². The van der Waals surface area contributed by atoms with Crippen LogP contribution in [0.3, 0.4) is 0 Å². The second-order valence-corrected chi connectivity index (χ2v) is 6.66. The summed E-state index contributed by atoms with van der Waals surface area (Å²) in [6, 6.07) is 18.1. The van der Waals surface area contributed by atoms with Gasteiger partial charge in [-0.15, -0.1) is 0 Å². The lowest BCUT2D eigenvalue weighted by Crippen LogP contribution is -2.37. The van der Waals surface area contributed by atoms with Gasteiger partial charge >= 0.3 is 0 Å². The smallest absolute Gasteiger partial charge is 0.242 e.